The van der Waals surface area contributed by atoms with Crippen molar-refractivity contribution < 1.29 is 4.79 Å². The van der Waals surface area contributed by atoms with Gasteiger partial charge in [0.15, 0.2) is 0 Å². The maximum Gasteiger partial charge on any atom is 0.261 e. The molecule has 0 unspecified atom stereocenters. The Balaban J connectivity index is 1.75. The Kier molecular flexibility index (Phi) is 5.52. The van der Waals surface area contributed by atoms with Gasteiger partial charge in [0.1, 0.15) is 6.54 Å². The summed E-state index contributed by atoms with van der Waals surface area (Å²) in [5.41, 5.74) is 2.33. The minimum atomic E-state index is -0.264. The van der Waals surface area contributed by atoms with Gasteiger partial charge in [-0.15, -0.1) is 0 Å². The van der Waals surface area contributed by atoms with Gasteiger partial charge in [-0.25, -0.2) is 4.98 Å². The summed E-state index contributed by atoms with van der Waals surface area (Å²) in [5, 5.41) is 3.30. The van der Waals surface area contributed by atoms with Crippen LogP contribution in [0.4, 0.5) is 5.69 Å². The van der Waals surface area contributed by atoms with E-state index in [0.29, 0.717) is 22.5 Å². The standard InChI is InChI=1S/C20H20BrN3O2/c1-3-13(2)14-4-7-16(8-5-14)23-19(25)11-24-12-22-18-9-6-15(21)10-17(18)20(24)26/h4-10,12-13H,3,11H2,1-2H3,(H,23,25)/t13-/m1/s1. The Morgan fingerprint density at radius 2 is 1.96 bits per heavy atom. The van der Waals surface area contributed by atoms with Gasteiger partial charge in [-0.1, -0.05) is 41.9 Å². The number of aromatic nitrogens is 2. The van der Waals surface area contributed by atoms with Gasteiger partial charge in [0.05, 0.1) is 17.2 Å². The third-order valence-electron chi connectivity index (χ3n) is 4.48. The highest BCUT2D eigenvalue weighted by atomic mass is 79.9. The van der Waals surface area contributed by atoms with Crippen LogP contribution in [0.5, 0.6) is 0 Å². The van der Waals surface area contributed by atoms with Crippen LogP contribution in [-0.4, -0.2) is 15.5 Å². The Labute approximate surface area is 160 Å². The first-order chi connectivity index (χ1) is 12.5. The first kappa shape index (κ1) is 18.3. The molecule has 134 valence electrons. The summed E-state index contributed by atoms with van der Waals surface area (Å²) in [4.78, 5) is 29.1. The van der Waals surface area contributed by atoms with Crippen molar-refractivity contribution in [3.05, 3.63) is 69.2 Å². The van der Waals surface area contributed by atoms with Gasteiger partial charge >= 0.3 is 0 Å². The smallest absolute Gasteiger partial charge is 0.261 e. The fraction of sp³-hybridized carbons (Fsp3) is 0.250. The SMILES string of the molecule is CC[C@@H](C)c1ccc(NC(=O)Cn2cnc3ccc(Br)cc3c2=O)cc1. The first-order valence-corrected chi connectivity index (χ1v) is 9.31. The summed E-state index contributed by atoms with van der Waals surface area (Å²) in [7, 11) is 0. The Bertz CT molecular complexity index is 996. The molecule has 0 saturated heterocycles. The summed E-state index contributed by atoms with van der Waals surface area (Å²) in [6.07, 6.45) is 2.48. The average Bonchev–Trinajstić information content (AvgIpc) is 2.64. The predicted molar refractivity (Wildman–Crippen MR) is 107 cm³/mol. The molecular weight excluding hydrogens is 394 g/mol. The van der Waals surface area contributed by atoms with E-state index in [4.69, 9.17) is 0 Å². The van der Waals surface area contributed by atoms with E-state index in [2.05, 4.69) is 40.1 Å². The van der Waals surface area contributed by atoms with Gasteiger partial charge in [-0.2, -0.15) is 0 Å². The molecular formula is C20H20BrN3O2. The third kappa shape index (κ3) is 4.02. The van der Waals surface area contributed by atoms with Crippen molar-refractivity contribution in [2.75, 3.05) is 5.32 Å². The number of benzene rings is 2. The monoisotopic (exact) mass is 413 g/mol. The zero-order valence-corrected chi connectivity index (χ0v) is 16.3. The molecule has 1 aromatic heterocycles. The highest BCUT2D eigenvalue weighted by Crippen LogP contribution is 2.20. The van der Waals surface area contributed by atoms with Crippen LogP contribution in [0.1, 0.15) is 31.7 Å². The largest absolute Gasteiger partial charge is 0.325 e. The molecule has 1 N–H and O–H groups in total. The molecule has 26 heavy (non-hydrogen) atoms. The molecule has 0 aliphatic heterocycles. The Hall–Kier alpha value is -2.47. The van der Waals surface area contributed by atoms with Crippen LogP contribution >= 0.6 is 15.9 Å². The zero-order valence-electron chi connectivity index (χ0n) is 14.7. The normalized spacial score (nSPS) is 12.1. The molecule has 6 heteroatoms. The lowest BCUT2D eigenvalue weighted by Gasteiger charge is -2.11. The van der Waals surface area contributed by atoms with Gasteiger partial charge in [0.2, 0.25) is 5.91 Å². The molecule has 0 aliphatic carbocycles. The molecule has 0 bridgehead atoms. The number of anilines is 1. The molecule has 5 nitrogen and oxygen atoms in total. The van der Waals surface area contributed by atoms with Crippen molar-refractivity contribution in [3.8, 4) is 0 Å². The van der Waals surface area contributed by atoms with Crippen LogP contribution in [0.3, 0.4) is 0 Å². The molecule has 1 atom stereocenters. The Morgan fingerprint density at radius 1 is 1.23 bits per heavy atom. The van der Waals surface area contributed by atoms with Gasteiger partial charge in [0, 0.05) is 10.2 Å². The first-order valence-electron chi connectivity index (χ1n) is 8.52. The number of nitrogens with one attached hydrogen (secondary N) is 1. The maximum atomic E-state index is 12.5. The van der Waals surface area contributed by atoms with E-state index in [0.717, 1.165) is 10.9 Å². The van der Waals surface area contributed by atoms with Gasteiger partial charge in [0.25, 0.3) is 5.56 Å². The highest BCUT2D eigenvalue weighted by Gasteiger charge is 2.09. The number of amides is 1. The third-order valence-corrected chi connectivity index (χ3v) is 4.97. The lowest BCUT2D eigenvalue weighted by atomic mass is 9.99. The van der Waals surface area contributed by atoms with Gasteiger partial charge in [-0.3, -0.25) is 14.2 Å². The molecule has 0 spiro atoms. The van der Waals surface area contributed by atoms with Gasteiger partial charge in [-0.05, 0) is 48.2 Å². The van der Waals surface area contributed by atoms with E-state index in [9.17, 15) is 9.59 Å². The number of fused-ring (bicyclic) bond motifs is 1. The van der Waals surface area contributed by atoms with Crippen LogP contribution in [0.25, 0.3) is 10.9 Å². The molecule has 0 fully saturated rings. The average molecular weight is 414 g/mol. The van der Waals surface area contributed by atoms with Crippen LogP contribution in [0.15, 0.2) is 58.1 Å². The van der Waals surface area contributed by atoms with Crippen molar-refractivity contribution in [2.45, 2.75) is 32.7 Å². The topological polar surface area (TPSA) is 64.0 Å². The van der Waals surface area contributed by atoms with Crippen molar-refractivity contribution in [1.29, 1.82) is 0 Å². The minimum absolute atomic E-state index is 0.0819. The van der Waals surface area contributed by atoms with Crippen molar-refractivity contribution in [3.63, 3.8) is 0 Å². The summed E-state index contributed by atoms with van der Waals surface area (Å²) in [6, 6.07) is 13.1. The number of carbonyl (C=O) groups is 1. The number of rotatable bonds is 5. The summed E-state index contributed by atoms with van der Waals surface area (Å²) < 4.78 is 2.12. The number of halogens is 1. The second-order valence-corrected chi connectivity index (χ2v) is 7.23. The summed E-state index contributed by atoms with van der Waals surface area (Å²) in [6.45, 7) is 4.24. The van der Waals surface area contributed by atoms with Gasteiger partial charge < -0.3 is 5.32 Å². The minimum Gasteiger partial charge on any atom is -0.325 e. The lowest BCUT2D eigenvalue weighted by Crippen LogP contribution is -2.27. The highest BCUT2D eigenvalue weighted by molar-refractivity contribution is 9.10. The van der Waals surface area contributed by atoms with E-state index < -0.39 is 0 Å². The number of hydrogen-bond donors (Lipinski definition) is 1. The van der Waals surface area contributed by atoms with Crippen molar-refractivity contribution >= 4 is 38.4 Å². The molecule has 3 aromatic rings. The molecule has 0 radical (unpaired) electrons. The zero-order chi connectivity index (χ0) is 18.7. The lowest BCUT2D eigenvalue weighted by molar-refractivity contribution is -0.116. The molecule has 1 heterocycles. The number of hydrogen-bond acceptors (Lipinski definition) is 3. The van der Waals surface area contributed by atoms with E-state index in [-0.39, 0.29) is 18.0 Å². The molecule has 0 saturated carbocycles. The fourth-order valence-corrected chi connectivity index (χ4v) is 3.09. The number of carbonyl (C=O) groups excluding carboxylic acids is 1. The second-order valence-electron chi connectivity index (χ2n) is 6.32. The van der Waals surface area contributed by atoms with Crippen molar-refractivity contribution in [1.82, 2.24) is 9.55 Å². The molecule has 0 aliphatic rings. The quantitative estimate of drug-likeness (QED) is 0.677. The second kappa shape index (κ2) is 7.83. The molecule has 3 rings (SSSR count). The van der Waals surface area contributed by atoms with E-state index >= 15 is 0 Å². The Morgan fingerprint density at radius 3 is 2.65 bits per heavy atom. The maximum absolute atomic E-state index is 12.5. The summed E-state index contributed by atoms with van der Waals surface area (Å²) in [5.74, 6) is 0.223. The van der Waals surface area contributed by atoms with Crippen molar-refractivity contribution in [2.24, 2.45) is 0 Å². The predicted octanol–water partition coefficient (Wildman–Crippen LogP) is 4.31. The van der Waals surface area contributed by atoms with Crippen LogP contribution in [-0.2, 0) is 11.3 Å². The van der Waals surface area contributed by atoms with E-state index in [1.54, 1.807) is 12.1 Å². The number of nitrogens with zero attached hydrogens (tertiary/aromatic N) is 2. The molecule has 2 aromatic carbocycles. The van der Waals surface area contributed by atoms with E-state index in [1.165, 1.54) is 16.5 Å². The van der Waals surface area contributed by atoms with Crippen LogP contribution in [0, 0.1) is 0 Å². The summed E-state index contributed by atoms with van der Waals surface area (Å²) >= 11 is 3.35. The molecule has 1 amide bonds. The fourth-order valence-electron chi connectivity index (χ4n) is 2.73. The van der Waals surface area contributed by atoms with E-state index in [1.807, 2.05) is 30.3 Å². The van der Waals surface area contributed by atoms with Crippen LogP contribution in [0.2, 0.25) is 0 Å². The van der Waals surface area contributed by atoms with Crippen LogP contribution < -0.4 is 10.9 Å².